The van der Waals surface area contributed by atoms with Crippen molar-refractivity contribution in [2.45, 2.75) is 19.4 Å². The summed E-state index contributed by atoms with van der Waals surface area (Å²) < 4.78 is 5.40. The number of hydrogen-bond acceptors (Lipinski definition) is 5. The molecule has 1 aromatic heterocycles. The van der Waals surface area contributed by atoms with Gasteiger partial charge in [-0.25, -0.2) is 4.98 Å². The number of nitrogens with one attached hydrogen (secondary N) is 1. The molecule has 29 heavy (non-hydrogen) atoms. The van der Waals surface area contributed by atoms with E-state index in [0.29, 0.717) is 28.0 Å². The van der Waals surface area contributed by atoms with E-state index >= 15 is 0 Å². The summed E-state index contributed by atoms with van der Waals surface area (Å²) in [6.45, 7) is 2.42. The molecule has 0 radical (unpaired) electrons. The van der Waals surface area contributed by atoms with Gasteiger partial charge in [-0.05, 0) is 36.8 Å². The van der Waals surface area contributed by atoms with E-state index in [9.17, 15) is 14.7 Å². The molecule has 6 nitrogen and oxygen atoms in total. The maximum Gasteiger partial charge on any atom is 0.305 e. The number of thiazole rings is 1. The normalized spacial score (nSPS) is 11.7. The molecule has 2 aromatic carbocycles. The maximum absolute atomic E-state index is 12.7. The number of hydrogen-bond donors (Lipinski definition) is 2. The number of ether oxygens (including phenoxy) is 1. The number of nitrogens with zero attached hydrogens (tertiary/aromatic N) is 1. The molecular weight excluding hydrogens is 412 g/mol. The summed E-state index contributed by atoms with van der Waals surface area (Å²) >= 11 is 7.24. The fourth-order valence-electron chi connectivity index (χ4n) is 2.73. The molecule has 1 unspecified atom stereocenters. The van der Waals surface area contributed by atoms with E-state index in [0.717, 1.165) is 5.56 Å². The van der Waals surface area contributed by atoms with E-state index in [1.54, 1.807) is 41.8 Å². The van der Waals surface area contributed by atoms with Crippen molar-refractivity contribution in [3.63, 3.8) is 0 Å². The predicted molar refractivity (Wildman–Crippen MR) is 113 cm³/mol. The van der Waals surface area contributed by atoms with Crippen molar-refractivity contribution in [3.05, 3.63) is 70.2 Å². The summed E-state index contributed by atoms with van der Waals surface area (Å²) in [4.78, 5) is 28.3. The van der Waals surface area contributed by atoms with Gasteiger partial charge in [0.2, 0.25) is 0 Å². The lowest BCUT2D eigenvalue weighted by molar-refractivity contribution is -0.137. The minimum Gasteiger partial charge on any atom is -0.494 e. The number of carboxylic acids is 1. The number of benzene rings is 2. The molecule has 1 atom stereocenters. The average molecular weight is 431 g/mol. The predicted octanol–water partition coefficient (Wildman–Crippen LogP) is 4.81. The lowest BCUT2D eigenvalue weighted by Crippen LogP contribution is -2.30. The molecule has 2 N–H and O–H groups in total. The Balaban J connectivity index is 1.76. The summed E-state index contributed by atoms with van der Waals surface area (Å²) in [6.07, 6.45) is -0.242. The number of halogens is 1. The van der Waals surface area contributed by atoms with Crippen LogP contribution < -0.4 is 10.1 Å². The van der Waals surface area contributed by atoms with Crippen LogP contribution in [-0.4, -0.2) is 28.6 Å². The van der Waals surface area contributed by atoms with Gasteiger partial charge < -0.3 is 15.2 Å². The van der Waals surface area contributed by atoms with Gasteiger partial charge in [0.1, 0.15) is 16.5 Å². The molecule has 0 aliphatic heterocycles. The number of carbonyl (C=O) groups is 2. The highest BCUT2D eigenvalue weighted by Crippen LogP contribution is 2.26. The van der Waals surface area contributed by atoms with Gasteiger partial charge in [-0.3, -0.25) is 9.59 Å². The van der Waals surface area contributed by atoms with Gasteiger partial charge in [-0.1, -0.05) is 35.9 Å². The van der Waals surface area contributed by atoms with Crippen molar-refractivity contribution >= 4 is 34.8 Å². The highest BCUT2D eigenvalue weighted by atomic mass is 35.5. The largest absolute Gasteiger partial charge is 0.494 e. The molecule has 0 saturated heterocycles. The van der Waals surface area contributed by atoms with Gasteiger partial charge in [-0.15, -0.1) is 11.3 Å². The molecule has 1 amide bonds. The molecule has 1 heterocycles. The Morgan fingerprint density at radius 3 is 2.48 bits per heavy atom. The highest BCUT2D eigenvalue weighted by Gasteiger charge is 2.21. The van der Waals surface area contributed by atoms with Crippen LogP contribution >= 0.6 is 22.9 Å². The molecule has 0 bridgehead atoms. The Bertz CT molecular complexity index is 987. The molecule has 8 heteroatoms. The number of carboxylic acid groups (broad SMARTS) is 1. The van der Waals surface area contributed by atoms with Gasteiger partial charge in [-0.2, -0.15) is 0 Å². The zero-order valence-electron chi connectivity index (χ0n) is 15.6. The van der Waals surface area contributed by atoms with Gasteiger partial charge in [0.05, 0.1) is 19.1 Å². The summed E-state index contributed by atoms with van der Waals surface area (Å²) in [6, 6.07) is 13.5. The van der Waals surface area contributed by atoms with Crippen molar-refractivity contribution < 1.29 is 19.4 Å². The average Bonchev–Trinajstić information content (AvgIpc) is 3.19. The van der Waals surface area contributed by atoms with Crippen molar-refractivity contribution in [1.29, 1.82) is 0 Å². The third-order valence-electron chi connectivity index (χ3n) is 4.11. The lowest BCUT2D eigenvalue weighted by Gasteiger charge is -2.17. The fourth-order valence-corrected chi connectivity index (χ4v) is 3.66. The number of aliphatic carboxylic acids is 1. The molecule has 0 spiro atoms. The van der Waals surface area contributed by atoms with Crippen molar-refractivity contribution in [2.24, 2.45) is 0 Å². The monoisotopic (exact) mass is 430 g/mol. The minimum absolute atomic E-state index is 0.237. The number of aromatic nitrogens is 1. The van der Waals surface area contributed by atoms with Crippen LogP contribution in [-0.2, 0) is 4.79 Å². The van der Waals surface area contributed by atoms with Crippen LogP contribution in [0.15, 0.2) is 53.9 Å². The maximum atomic E-state index is 12.7. The van der Waals surface area contributed by atoms with Gasteiger partial charge in [0.25, 0.3) is 5.91 Å². The van der Waals surface area contributed by atoms with Gasteiger partial charge in [0.15, 0.2) is 0 Å². The molecule has 0 aliphatic rings. The molecule has 3 rings (SSSR count). The summed E-state index contributed by atoms with van der Waals surface area (Å²) in [5.41, 5.74) is 1.77. The topological polar surface area (TPSA) is 88.5 Å². The number of carbonyl (C=O) groups excluding carboxylic acids is 1. The first-order chi connectivity index (χ1) is 14.0. The number of rotatable bonds is 8. The van der Waals surface area contributed by atoms with E-state index in [4.69, 9.17) is 16.3 Å². The second kappa shape index (κ2) is 9.54. The first-order valence-electron chi connectivity index (χ1n) is 8.93. The second-order valence-electron chi connectivity index (χ2n) is 6.17. The summed E-state index contributed by atoms with van der Waals surface area (Å²) in [7, 11) is 0. The zero-order chi connectivity index (χ0) is 20.8. The van der Waals surface area contributed by atoms with Crippen molar-refractivity contribution in [3.8, 4) is 16.3 Å². The Kier molecular flexibility index (Phi) is 6.85. The third kappa shape index (κ3) is 5.56. The number of amides is 1. The van der Waals surface area contributed by atoms with Crippen LogP contribution in [0.4, 0.5) is 0 Å². The standard InChI is InChI=1S/C21H19ClN2O4S/c1-2-28-16-9-5-13(6-10-16)17(11-19(25)26)23-20(27)18-12-29-21(24-18)14-3-7-15(22)8-4-14/h3-10,12,17H,2,11H2,1H3,(H,23,27)(H,25,26). The van der Waals surface area contributed by atoms with E-state index in [1.807, 2.05) is 19.1 Å². The van der Waals surface area contributed by atoms with E-state index in [2.05, 4.69) is 10.3 Å². The highest BCUT2D eigenvalue weighted by molar-refractivity contribution is 7.13. The zero-order valence-corrected chi connectivity index (χ0v) is 17.2. The van der Waals surface area contributed by atoms with Crippen LogP contribution in [0.3, 0.4) is 0 Å². The second-order valence-corrected chi connectivity index (χ2v) is 7.47. The Hall–Kier alpha value is -2.90. The fraction of sp³-hybridized carbons (Fsp3) is 0.190. The quantitative estimate of drug-likeness (QED) is 0.535. The van der Waals surface area contributed by atoms with E-state index < -0.39 is 17.9 Å². The van der Waals surface area contributed by atoms with Crippen LogP contribution in [0.5, 0.6) is 5.75 Å². The molecule has 3 aromatic rings. The van der Waals surface area contributed by atoms with Crippen LogP contribution in [0.25, 0.3) is 10.6 Å². The van der Waals surface area contributed by atoms with E-state index in [1.165, 1.54) is 11.3 Å². The first kappa shape index (κ1) is 20.8. The summed E-state index contributed by atoms with van der Waals surface area (Å²) in [5.74, 6) is -0.755. The van der Waals surface area contributed by atoms with Crippen molar-refractivity contribution in [1.82, 2.24) is 10.3 Å². The Morgan fingerprint density at radius 1 is 1.17 bits per heavy atom. The third-order valence-corrected chi connectivity index (χ3v) is 5.25. The van der Waals surface area contributed by atoms with Gasteiger partial charge >= 0.3 is 5.97 Å². The smallest absolute Gasteiger partial charge is 0.305 e. The molecular formula is C21H19ClN2O4S. The Morgan fingerprint density at radius 2 is 1.86 bits per heavy atom. The van der Waals surface area contributed by atoms with Crippen LogP contribution in [0.2, 0.25) is 5.02 Å². The minimum atomic E-state index is -1.01. The van der Waals surface area contributed by atoms with Crippen LogP contribution in [0, 0.1) is 0 Å². The molecule has 150 valence electrons. The van der Waals surface area contributed by atoms with Gasteiger partial charge in [0, 0.05) is 16.0 Å². The Labute approximate surface area is 177 Å². The molecule has 0 saturated carbocycles. The summed E-state index contributed by atoms with van der Waals surface area (Å²) in [5, 5.41) is 15.0. The van der Waals surface area contributed by atoms with Crippen molar-refractivity contribution in [2.75, 3.05) is 6.61 Å². The SMILES string of the molecule is CCOc1ccc(C(CC(=O)O)NC(=O)c2csc(-c3ccc(Cl)cc3)n2)cc1. The van der Waals surface area contributed by atoms with E-state index in [-0.39, 0.29) is 12.1 Å². The lowest BCUT2D eigenvalue weighted by atomic mass is 10.0. The molecule has 0 fully saturated rings. The first-order valence-corrected chi connectivity index (χ1v) is 10.2. The van der Waals surface area contributed by atoms with Crippen LogP contribution in [0.1, 0.15) is 35.4 Å². The molecule has 0 aliphatic carbocycles.